The molecular formula is C14H13ClN2O. The number of rotatable bonds is 2. The Balaban J connectivity index is 2.47. The molecule has 0 unspecified atom stereocenters. The van der Waals surface area contributed by atoms with Crippen molar-refractivity contribution in [2.45, 2.75) is 6.92 Å². The molecule has 0 aliphatic heterocycles. The number of benzene rings is 1. The van der Waals surface area contributed by atoms with Crippen molar-refractivity contribution in [2.75, 3.05) is 7.05 Å². The van der Waals surface area contributed by atoms with E-state index >= 15 is 0 Å². The molecule has 3 nitrogen and oxygen atoms in total. The monoisotopic (exact) mass is 260 g/mol. The van der Waals surface area contributed by atoms with E-state index in [0.29, 0.717) is 10.6 Å². The van der Waals surface area contributed by atoms with Crippen LogP contribution in [-0.2, 0) is 0 Å². The van der Waals surface area contributed by atoms with Gasteiger partial charge in [0.15, 0.2) is 0 Å². The molecule has 92 valence electrons. The standard InChI is InChI=1S/C14H13ClN2O/c1-9-11(4-3-7-17-9)10-5-6-12(13(15)8-10)14(18)16-2/h3-8H,1-2H3,(H,16,18). The van der Waals surface area contributed by atoms with E-state index < -0.39 is 0 Å². The van der Waals surface area contributed by atoms with Gasteiger partial charge >= 0.3 is 0 Å². The molecule has 1 heterocycles. The minimum atomic E-state index is -0.186. The van der Waals surface area contributed by atoms with Gasteiger partial charge < -0.3 is 5.32 Å². The molecule has 0 radical (unpaired) electrons. The summed E-state index contributed by atoms with van der Waals surface area (Å²) in [5, 5.41) is 3.00. The average Bonchev–Trinajstić information content (AvgIpc) is 2.38. The summed E-state index contributed by atoms with van der Waals surface area (Å²) in [5.74, 6) is -0.186. The van der Waals surface area contributed by atoms with Gasteiger partial charge in [0.1, 0.15) is 0 Å². The quantitative estimate of drug-likeness (QED) is 0.902. The fourth-order valence-corrected chi connectivity index (χ4v) is 2.06. The molecule has 0 fully saturated rings. The van der Waals surface area contributed by atoms with E-state index in [2.05, 4.69) is 10.3 Å². The highest BCUT2D eigenvalue weighted by Gasteiger charge is 2.10. The van der Waals surface area contributed by atoms with Gasteiger partial charge in [-0.3, -0.25) is 9.78 Å². The summed E-state index contributed by atoms with van der Waals surface area (Å²) in [7, 11) is 1.58. The van der Waals surface area contributed by atoms with E-state index in [1.807, 2.05) is 25.1 Å². The lowest BCUT2D eigenvalue weighted by Crippen LogP contribution is -2.18. The molecule has 18 heavy (non-hydrogen) atoms. The molecule has 0 spiro atoms. The molecule has 0 saturated heterocycles. The lowest BCUT2D eigenvalue weighted by molar-refractivity contribution is 0.0963. The normalized spacial score (nSPS) is 10.2. The van der Waals surface area contributed by atoms with E-state index in [1.165, 1.54) is 0 Å². The van der Waals surface area contributed by atoms with Crippen LogP contribution in [0.2, 0.25) is 5.02 Å². The number of hydrogen-bond acceptors (Lipinski definition) is 2. The number of aromatic nitrogens is 1. The highest BCUT2D eigenvalue weighted by atomic mass is 35.5. The molecule has 1 aromatic carbocycles. The van der Waals surface area contributed by atoms with Crippen LogP contribution in [-0.4, -0.2) is 17.9 Å². The van der Waals surface area contributed by atoms with E-state index in [0.717, 1.165) is 16.8 Å². The molecule has 0 saturated carbocycles. The summed E-state index contributed by atoms with van der Waals surface area (Å²) < 4.78 is 0. The molecule has 0 aliphatic carbocycles. The molecule has 0 atom stereocenters. The molecule has 1 N–H and O–H groups in total. The van der Waals surface area contributed by atoms with Gasteiger partial charge in [-0.1, -0.05) is 23.7 Å². The van der Waals surface area contributed by atoms with Crippen molar-refractivity contribution in [3.63, 3.8) is 0 Å². The third-order valence-corrected chi connectivity index (χ3v) is 3.07. The minimum Gasteiger partial charge on any atom is -0.355 e. The minimum absolute atomic E-state index is 0.186. The largest absolute Gasteiger partial charge is 0.355 e. The highest BCUT2D eigenvalue weighted by molar-refractivity contribution is 6.34. The molecular weight excluding hydrogens is 248 g/mol. The highest BCUT2D eigenvalue weighted by Crippen LogP contribution is 2.27. The second-order valence-corrected chi connectivity index (χ2v) is 4.32. The first-order valence-electron chi connectivity index (χ1n) is 5.57. The maximum Gasteiger partial charge on any atom is 0.252 e. The van der Waals surface area contributed by atoms with Crippen LogP contribution >= 0.6 is 11.6 Å². The Labute approximate surface area is 111 Å². The van der Waals surface area contributed by atoms with E-state index in [9.17, 15) is 4.79 Å². The SMILES string of the molecule is CNC(=O)c1ccc(-c2cccnc2C)cc1Cl. The zero-order valence-corrected chi connectivity index (χ0v) is 11.0. The second kappa shape index (κ2) is 5.19. The van der Waals surface area contributed by atoms with Gasteiger partial charge in [-0.25, -0.2) is 0 Å². The van der Waals surface area contributed by atoms with Crippen LogP contribution in [0.5, 0.6) is 0 Å². The van der Waals surface area contributed by atoms with Crippen molar-refractivity contribution in [1.29, 1.82) is 0 Å². The summed E-state index contributed by atoms with van der Waals surface area (Å²) in [6, 6.07) is 9.25. The van der Waals surface area contributed by atoms with Crippen LogP contribution in [0.25, 0.3) is 11.1 Å². The molecule has 0 bridgehead atoms. The fourth-order valence-electron chi connectivity index (χ4n) is 1.79. The number of carbonyl (C=O) groups is 1. The lowest BCUT2D eigenvalue weighted by Gasteiger charge is -2.08. The van der Waals surface area contributed by atoms with E-state index in [4.69, 9.17) is 11.6 Å². The molecule has 1 amide bonds. The first-order chi connectivity index (χ1) is 8.63. The van der Waals surface area contributed by atoms with Gasteiger partial charge in [0.2, 0.25) is 0 Å². The van der Waals surface area contributed by atoms with Crippen LogP contribution in [0.15, 0.2) is 36.5 Å². The Kier molecular flexibility index (Phi) is 3.63. The zero-order valence-electron chi connectivity index (χ0n) is 10.2. The summed E-state index contributed by atoms with van der Waals surface area (Å²) in [6.45, 7) is 1.94. The van der Waals surface area contributed by atoms with Crippen molar-refractivity contribution >= 4 is 17.5 Å². The molecule has 2 rings (SSSR count). The topological polar surface area (TPSA) is 42.0 Å². The average molecular weight is 261 g/mol. The summed E-state index contributed by atoms with van der Waals surface area (Å²) in [4.78, 5) is 15.8. The molecule has 2 aromatic rings. The third kappa shape index (κ3) is 2.36. The van der Waals surface area contributed by atoms with Gasteiger partial charge in [0, 0.05) is 24.5 Å². The predicted molar refractivity (Wildman–Crippen MR) is 72.8 cm³/mol. The molecule has 1 aromatic heterocycles. The van der Waals surface area contributed by atoms with Crippen molar-refractivity contribution in [1.82, 2.24) is 10.3 Å². The maximum absolute atomic E-state index is 11.5. The van der Waals surface area contributed by atoms with Crippen molar-refractivity contribution in [2.24, 2.45) is 0 Å². The van der Waals surface area contributed by atoms with Crippen molar-refractivity contribution < 1.29 is 4.79 Å². The van der Waals surface area contributed by atoms with Crippen molar-refractivity contribution in [3.8, 4) is 11.1 Å². The summed E-state index contributed by atoms with van der Waals surface area (Å²) >= 11 is 6.12. The van der Waals surface area contributed by atoms with Crippen LogP contribution in [0.3, 0.4) is 0 Å². The zero-order chi connectivity index (χ0) is 13.1. The number of nitrogens with one attached hydrogen (secondary N) is 1. The van der Waals surface area contributed by atoms with Crippen LogP contribution < -0.4 is 5.32 Å². The Bertz CT molecular complexity index is 596. The second-order valence-electron chi connectivity index (χ2n) is 3.91. The van der Waals surface area contributed by atoms with Crippen molar-refractivity contribution in [3.05, 3.63) is 52.8 Å². The predicted octanol–water partition coefficient (Wildman–Crippen LogP) is 3.07. The Morgan fingerprint density at radius 3 is 2.72 bits per heavy atom. The first kappa shape index (κ1) is 12.6. The molecule has 0 aliphatic rings. The number of halogens is 1. The number of amides is 1. The summed E-state index contributed by atoms with van der Waals surface area (Å²) in [6.07, 6.45) is 1.75. The van der Waals surface area contributed by atoms with Gasteiger partial charge in [0.05, 0.1) is 10.6 Å². The number of carbonyl (C=O) groups excluding carboxylic acids is 1. The van der Waals surface area contributed by atoms with Gasteiger partial charge in [-0.15, -0.1) is 0 Å². The molecule has 4 heteroatoms. The van der Waals surface area contributed by atoms with E-state index in [-0.39, 0.29) is 5.91 Å². The van der Waals surface area contributed by atoms with Gasteiger partial charge in [-0.2, -0.15) is 0 Å². The number of aryl methyl sites for hydroxylation is 1. The Hall–Kier alpha value is -1.87. The maximum atomic E-state index is 11.5. The first-order valence-corrected chi connectivity index (χ1v) is 5.95. The number of hydrogen-bond donors (Lipinski definition) is 1. The van der Waals surface area contributed by atoms with Gasteiger partial charge in [0.25, 0.3) is 5.91 Å². The number of pyridine rings is 1. The van der Waals surface area contributed by atoms with Gasteiger partial charge in [-0.05, 0) is 30.7 Å². The number of nitrogens with zero attached hydrogens (tertiary/aromatic N) is 1. The smallest absolute Gasteiger partial charge is 0.252 e. The summed E-state index contributed by atoms with van der Waals surface area (Å²) in [5.41, 5.74) is 3.38. The van der Waals surface area contributed by atoms with Crippen LogP contribution in [0.4, 0.5) is 0 Å². The fraction of sp³-hybridized carbons (Fsp3) is 0.143. The Morgan fingerprint density at radius 2 is 2.11 bits per heavy atom. The third-order valence-electron chi connectivity index (χ3n) is 2.76. The Morgan fingerprint density at radius 1 is 1.33 bits per heavy atom. The van der Waals surface area contributed by atoms with Crippen LogP contribution in [0, 0.1) is 6.92 Å². The van der Waals surface area contributed by atoms with Crippen LogP contribution in [0.1, 0.15) is 16.1 Å². The lowest BCUT2D eigenvalue weighted by atomic mass is 10.0. The van der Waals surface area contributed by atoms with E-state index in [1.54, 1.807) is 25.4 Å².